The predicted molar refractivity (Wildman–Crippen MR) is 105 cm³/mol. The molecule has 0 aliphatic carbocycles. The fourth-order valence-corrected chi connectivity index (χ4v) is 3.43. The van der Waals surface area contributed by atoms with E-state index in [1.54, 1.807) is 0 Å². The lowest BCUT2D eigenvalue weighted by Crippen LogP contribution is -2.19. The zero-order valence-corrected chi connectivity index (χ0v) is 15.0. The minimum absolute atomic E-state index is 0.766. The Labute approximate surface area is 139 Å². The van der Waals surface area contributed by atoms with Gasteiger partial charge >= 0.3 is 0 Å². The Morgan fingerprint density at radius 1 is 1.18 bits per heavy atom. The van der Waals surface area contributed by atoms with Gasteiger partial charge in [0.25, 0.3) is 0 Å². The van der Waals surface area contributed by atoms with Crippen molar-refractivity contribution in [2.45, 2.75) is 40.0 Å². The largest absolute Gasteiger partial charge is 0.136 e. The van der Waals surface area contributed by atoms with Crippen molar-refractivity contribution in [2.75, 3.05) is 0 Å². The lowest BCUT2D eigenvalue weighted by atomic mass is 10.1. The van der Waals surface area contributed by atoms with E-state index in [2.05, 4.69) is 70.4 Å². The van der Waals surface area contributed by atoms with E-state index in [0.29, 0.717) is 0 Å². The van der Waals surface area contributed by atoms with E-state index in [1.807, 2.05) is 23.5 Å². The topological polar surface area (TPSA) is 0 Å². The monoisotopic (exact) mass is 312 g/mol. The van der Waals surface area contributed by atoms with Crippen LogP contribution in [0.5, 0.6) is 0 Å². The minimum atomic E-state index is 0.766. The molecule has 22 heavy (non-hydrogen) atoms. The van der Waals surface area contributed by atoms with Gasteiger partial charge in [-0.15, -0.1) is 11.3 Å². The summed E-state index contributed by atoms with van der Waals surface area (Å²) in [4.78, 5) is 1.26. The Kier molecular flexibility index (Phi) is 8.54. The molecule has 1 aromatic heterocycles. The van der Waals surface area contributed by atoms with Gasteiger partial charge in [-0.05, 0) is 42.0 Å². The van der Waals surface area contributed by atoms with E-state index in [-0.39, 0.29) is 0 Å². The maximum absolute atomic E-state index is 3.97. The van der Waals surface area contributed by atoms with Crippen molar-refractivity contribution in [3.8, 4) is 0 Å². The first-order valence-corrected chi connectivity index (χ1v) is 8.87. The van der Waals surface area contributed by atoms with Gasteiger partial charge in [0.2, 0.25) is 0 Å². The third kappa shape index (κ3) is 5.65. The number of thiophene rings is 1. The Morgan fingerprint density at radius 3 is 2.55 bits per heavy atom. The predicted octanol–water partition coefficient (Wildman–Crippen LogP) is 5.55. The second-order valence-corrected chi connectivity index (χ2v) is 6.72. The summed E-state index contributed by atoms with van der Waals surface area (Å²) in [5.74, 6) is 0.766. The quantitative estimate of drug-likeness (QED) is 0.552. The van der Waals surface area contributed by atoms with Gasteiger partial charge in [0.05, 0.1) is 0 Å². The summed E-state index contributed by atoms with van der Waals surface area (Å²) in [6, 6.07) is 0. The van der Waals surface area contributed by atoms with Crippen LogP contribution in [0.25, 0.3) is 24.3 Å². The second-order valence-electron chi connectivity index (χ2n) is 5.64. The molecule has 0 aliphatic heterocycles. The van der Waals surface area contributed by atoms with Crippen molar-refractivity contribution in [3.63, 3.8) is 0 Å². The molecule has 0 fully saturated rings. The molecule has 0 spiro atoms. The molecule has 1 rings (SSSR count). The highest BCUT2D eigenvalue weighted by Gasteiger charge is 2.02. The molecule has 118 valence electrons. The second kappa shape index (κ2) is 10.2. The van der Waals surface area contributed by atoms with E-state index in [0.717, 1.165) is 18.8 Å². The first-order valence-electron chi connectivity index (χ1n) is 8.05. The number of allylic oxidation sites excluding steroid dienone is 4. The van der Waals surface area contributed by atoms with E-state index in [1.165, 1.54) is 26.6 Å². The van der Waals surface area contributed by atoms with Crippen LogP contribution in [0.2, 0.25) is 0 Å². The van der Waals surface area contributed by atoms with E-state index in [4.69, 9.17) is 0 Å². The van der Waals surface area contributed by atoms with E-state index >= 15 is 0 Å². The van der Waals surface area contributed by atoms with Gasteiger partial charge in [-0.3, -0.25) is 0 Å². The molecule has 0 saturated heterocycles. The summed E-state index contributed by atoms with van der Waals surface area (Å²) in [6.07, 6.45) is 20.3. The Bertz CT molecular complexity index is 651. The molecule has 0 aliphatic rings. The molecule has 0 bridgehead atoms. The van der Waals surface area contributed by atoms with Gasteiger partial charge in [-0.25, -0.2) is 0 Å². The van der Waals surface area contributed by atoms with Crippen molar-refractivity contribution >= 4 is 35.6 Å². The molecule has 0 atom stereocenters. The molecule has 0 radical (unpaired) electrons. The van der Waals surface area contributed by atoms with Crippen molar-refractivity contribution in [1.82, 2.24) is 0 Å². The van der Waals surface area contributed by atoms with Crippen LogP contribution < -0.4 is 9.75 Å². The van der Waals surface area contributed by atoms with Crippen LogP contribution in [-0.2, 0) is 0 Å². The average molecular weight is 313 g/mol. The Balaban J connectivity index is 3.03. The van der Waals surface area contributed by atoms with Gasteiger partial charge in [0, 0.05) is 9.41 Å². The normalized spacial score (nSPS) is 13.8. The highest BCUT2D eigenvalue weighted by molar-refractivity contribution is 7.11. The van der Waals surface area contributed by atoms with Gasteiger partial charge in [0.1, 0.15) is 0 Å². The zero-order chi connectivity index (χ0) is 16.4. The summed E-state index contributed by atoms with van der Waals surface area (Å²) in [5.41, 5.74) is 1.21. The van der Waals surface area contributed by atoms with Gasteiger partial charge in [-0.2, -0.15) is 0 Å². The molecule has 0 saturated carbocycles. The zero-order valence-electron chi connectivity index (χ0n) is 14.1. The molecule has 0 N–H and O–H groups in total. The molecular weight excluding hydrogens is 284 g/mol. The van der Waals surface area contributed by atoms with Gasteiger partial charge < -0.3 is 0 Å². The van der Waals surface area contributed by atoms with Crippen LogP contribution in [0.4, 0.5) is 0 Å². The van der Waals surface area contributed by atoms with Crippen molar-refractivity contribution < 1.29 is 0 Å². The molecular formula is C21H28S. The van der Waals surface area contributed by atoms with Crippen molar-refractivity contribution in [3.05, 3.63) is 57.7 Å². The van der Waals surface area contributed by atoms with Crippen molar-refractivity contribution in [2.24, 2.45) is 5.92 Å². The Morgan fingerprint density at radius 2 is 1.95 bits per heavy atom. The van der Waals surface area contributed by atoms with Gasteiger partial charge in [0.15, 0.2) is 0 Å². The first kappa shape index (κ1) is 18.4. The highest BCUT2D eigenvalue weighted by atomic mass is 32.1. The molecule has 0 unspecified atom stereocenters. The van der Waals surface area contributed by atoms with E-state index in [9.17, 15) is 0 Å². The molecule has 0 aromatic carbocycles. The lowest BCUT2D eigenvalue weighted by molar-refractivity contribution is 0.594. The summed E-state index contributed by atoms with van der Waals surface area (Å²) in [7, 11) is 0. The van der Waals surface area contributed by atoms with Crippen LogP contribution in [0.15, 0.2) is 37.5 Å². The fraction of sp³-hybridized carbons (Fsp3) is 0.333. The Hall–Kier alpha value is -1.60. The van der Waals surface area contributed by atoms with Crippen molar-refractivity contribution in [1.29, 1.82) is 0 Å². The number of hydrogen-bond acceptors (Lipinski definition) is 1. The smallest absolute Gasteiger partial charge is 0.0355 e. The standard InChI is InChI=1S/C21H28S/c1-6-13-19-18(8-3)21(22-20(19)14-7-2)16-12-10-9-11-15-17(4)5/h6,8-10,12-14,16-17H,1,3,7,11,15H2,2,4-5H3. The van der Waals surface area contributed by atoms with Crippen LogP contribution >= 0.6 is 11.3 Å². The molecule has 0 nitrogen and oxygen atoms in total. The maximum atomic E-state index is 3.97. The lowest BCUT2D eigenvalue weighted by Gasteiger charge is -1.97. The third-order valence-electron chi connectivity index (χ3n) is 3.32. The van der Waals surface area contributed by atoms with Crippen LogP contribution in [0.3, 0.4) is 0 Å². The summed E-state index contributed by atoms with van der Waals surface area (Å²) in [6.45, 7) is 14.5. The van der Waals surface area contributed by atoms with Crippen LogP contribution in [-0.4, -0.2) is 0 Å². The summed E-state index contributed by atoms with van der Waals surface area (Å²) in [5, 5.41) is 1.24. The van der Waals surface area contributed by atoms with Gasteiger partial charge in [-0.1, -0.05) is 76.5 Å². The van der Waals surface area contributed by atoms with E-state index < -0.39 is 0 Å². The molecule has 1 heteroatoms. The number of hydrogen-bond donors (Lipinski definition) is 0. The number of rotatable bonds is 8. The van der Waals surface area contributed by atoms with Crippen LogP contribution in [0, 0.1) is 5.92 Å². The van der Waals surface area contributed by atoms with Crippen LogP contribution in [0.1, 0.15) is 50.5 Å². The maximum Gasteiger partial charge on any atom is 0.0355 e. The highest BCUT2D eigenvalue weighted by Crippen LogP contribution is 2.13. The SMILES string of the molecule is C=CC=c1c(C=C)c(C=CC=CCCC(C)C)sc1=CCC. The molecule has 0 amide bonds. The molecule has 1 heterocycles. The fourth-order valence-electron chi connectivity index (χ4n) is 2.20. The first-order chi connectivity index (χ1) is 10.6. The summed E-state index contributed by atoms with van der Waals surface area (Å²) >= 11 is 1.82. The summed E-state index contributed by atoms with van der Waals surface area (Å²) < 4.78 is 1.31. The minimum Gasteiger partial charge on any atom is -0.136 e. The third-order valence-corrected chi connectivity index (χ3v) is 4.51. The molecule has 1 aromatic rings. The average Bonchev–Trinajstić information content (AvgIpc) is 2.80.